The SMILES string of the molecule is N=Cc1cc(N2CCCCC2)cnc1N. The summed E-state index contributed by atoms with van der Waals surface area (Å²) < 4.78 is 0. The number of nitrogen functional groups attached to an aromatic ring is 1. The van der Waals surface area contributed by atoms with E-state index in [0.29, 0.717) is 11.4 Å². The number of piperidine rings is 1. The Kier molecular flexibility index (Phi) is 2.85. The van der Waals surface area contributed by atoms with E-state index >= 15 is 0 Å². The summed E-state index contributed by atoms with van der Waals surface area (Å²) in [5.41, 5.74) is 7.44. The molecule has 0 spiro atoms. The molecule has 0 amide bonds. The third-order valence-electron chi connectivity index (χ3n) is 2.81. The molecule has 1 aromatic heterocycles. The minimum atomic E-state index is 0.436. The van der Waals surface area contributed by atoms with E-state index in [0.717, 1.165) is 18.8 Å². The number of aromatic nitrogens is 1. The lowest BCUT2D eigenvalue weighted by atomic mass is 10.1. The van der Waals surface area contributed by atoms with Gasteiger partial charge >= 0.3 is 0 Å². The van der Waals surface area contributed by atoms with Gasteiger partial charge in [0, 0.05) is 24.9 Å². The van der Waals surface area contributed by atoms with Crippen molar-refractivity contribution < 1.29 is 0 Å². The molecule has 0 aromatic carbocycles. The minimum absolute atomic E-state index is 0.436. The topological polar surface area (TPSA) is 66.0 Å². The number of hydrogen-bond donors (Lipinski definition) is 2. The highest BCUT2D eigenvalue weighted by Gasteiger charge is 2.12. The maximum Gasteiger partial charge on any atom is 0.132 e. The van der Waals surface area contributed by atoms with Crippen molar-refractivity contribution in [3.8, 4) is 0 Å². The van der Waals surface area contributed by atoms with Gasteiger partial charge in [-0.1, -0.05) is 0 Å². The van der Waals surface area contributed by atoms with E-state index in [4.69, 9.17) is 11.1 Å². The lowest BCUT2D eigenvalue weighted by Crippen LogP contribution is -2.29. The van der Waals surface area contributed by atoms with Crippen LogP contribution in [0.2, 0.25) is 0 Å². The minimum Gasteiger partial charge on any atom is -0.383 e. The highest BCUT2D eigenvalue weighted by Crippen LogP contribution is 2.21. The quantitative estimate of drug-likeness (QED) is 0.720. The Morgan fingerprint density at radius 3 is 2.73 bits per heavy atom. The summed E-state index contributed by atoms with van der Waals surface area (Å²) in [6.07, 6.45) is 6.86. The monoisotopic (exact) mass is 204 g/mol. The van der Waals surface area contributed by atoms with E-state index in [1.54, 1.807) is 6.20 Å². The van der Waals surface area contributed by atoms with E-state index < -0.39 is 0 Å². The molecule has 0 aliphatic carbocycles. The fourth-order valence-electron chi connectivity index (χ4n) is 1.92. The van der Waals surface area contributed by atoms with Gasteiger partial charge in [-0.15, -0.1) is 0 Å². The standard InChI is InChI=1S/C11H16N4/c12-7-9-6-10(8-14-11(9)13)15-4-2-1-3-5-15/h6-8,12H,1-5H2,(H2,13,14). The van der Waals surface area contributed by atoms with Crippen LogP contribution in [-0.4, -0.2) is 24.3 Å². The second-order valence-corrected chi connectivity index (χ2v) is 3.86. The smallest absolute Gasteiger partial charge is 0.132 e. The maximum absolute atomic E-state index is 7.23. The summed E-state index contributed by atoms with van der Waals surface area (Å²) >= 11 is 0. The molecule has 15 heavy (non-hydrogen) atoms. The molecule has 1 saturated heterocycles. The van der Waals surface area contributed by atoms with Gasteiger partial charge in [-0.3, -0.25) is 0 Å². The number of hydrogen-bond acceptors (Lipinski definition) is 4. The highest BCUT2D eigenvalue weighted by molar-refractivity contribution is 5.85. The van der Waals surface area contributed by atoms with Crippen molar-refractivity contribution in [1.29, 1.82) is 5.41 Å². The predicted molar refractivity (Wildman–Crippen MR) is 62.6 cm³/mol. The average molecular weight is 204 g/mol. The van der Waals surface area contributed by atoms with Crippen LogP contribution in [0.4, 0.5) is 11.5 Å². The van der Waals surface area contributed by atoms with Gasteiger partial charge in [0.2, 0.25) is 0 Å². The number of nitrogens with zero attached hydrogens (tertiary/aromatic N) is 2. The van der Waals surface area contributed by atoms with Crippen molar-refractivity contribution in [3.63, 3.8) is 0 Å². The largest absolute Gasteiger partial charge is 0.383 e. The van der Waals surface area contributed by atoms with Crippen molar-refractivity contribution in [1.82, 2.24) is 4.98 Å². The fraction of sp³-hybridized carbons (Fsp3) is 0.455. The predicted octanol–water partition coefficient (Wildman–Crippen LogP) is 1.65. The number of pyridine rings is 1. The van der Waals surface area contributed by atoms with E-state index in [1.165, 1.54) is 25.5 Å². The first kappa shape index (κ1) is 9.96. The first-order valence-electron chi connectivity index (χ1n) is 5.32. The summed E-state index contributed by atoms with van der Waals surface area (Å²) in [6.45, 7) is 2.17. The van der Waals surface area contributed by atoms with Gasteiger partial charge in [0.05, 0.1) is 11.9 Å². The lowest BCUT2D eigenvalue weighted by Gasteiger charge is -2.28. The third kappa shape index (κ3) is 2.09. The Morgan fingerprint density at radius 1 is 1.33 bits per heavy atom. The Balaban J connectivity index is 2.23. The van der Waals surface area contributed by atoms with E-state index in [1.807, 2.05) is 6.07 Å². The fourth-order valence-corrected chi connectivity index (χ4v) is 1.92. The van der Waals surface area contributed by atoms with Crippen LogP contribution in [0.1, 0.15) is 24.8 Å². The first-order valence-corrected chi connectivity index (χ1v) is 5.32. The molecule has 4 nitrogen and oxygen atoms in total. The normalized spacial score (nSPS) is 16.4. The third-order valence-corrected chi connectivity index (χ3v) is 2.81. The zero-order valence-corrected chi connectivity index (χ0v) is 8.74. The molecule has 1 aliphatic rings. The second kappa shape index (κ2) is 4.29. The van der Waals surface area contributed by atoms with Crippen molar-refractivity contribution in [3.05, 3.63) is 17.8 Å². The van der Waals surface area contributed by atoms with Crippen molar-refractivity contribution in [2.24, 2.45) is 0 Å². The molecular formula is C11H16N4. The zero-order chi connectivity index (χ0) is 10.7. The van der Waals surface area contributed by atoms with Gasteiger partial charge in [-0.05, 0) is 25.3 Å². The molecule has 0 saturated carbocycles. The van der Waals surface area contributed by atoms with Crippen LogP contribution in [0, 0.1) is 5.41 Å². The van der Waals surface area contributed by atoms with Gasteiger partial charge in [0.25, 0.3) is 0 Å². The van der Waals surface area contributed by atoms with Crippen LogP contribution in [0.25, 0.3) is 0 Å². The molecule has 0 unspecified atom stereocenters. The summed E-state index contributed by atoms with van der Waals surface area (Å²) in [6, 6.07) is 1.95. The van der Waals surface area contributed by atoms with Crippen LogP contribution in [0.15, 0.2) is 12.3 Å². The van der Waals surface area contributed by atoms with Gasteiger partial charge in [0.15, 0.2) is 0 Å². The lowest BCUT2D eigenvalue weighted by molar-refractivity contribution is 0.577. The van der Waals surface area contributed by atoms with Crippen molar-refractivity contribution in [2.45, 2.75) is 19.3 Å². The molecule has 4 heteroatoms. The van der Waals surface area contributed by atoms with E-state index in [-0.39, 0.29) is 0 Å². The van der Waals surface area contributed by atoms with Crippen LogP contribution in [-0.2, 0) is 0 Å². The molecule has 2 heterocycles. The van der Waals surface area contributed by atoms with E-state index in [2.05, 4.69) is 9.88 Å². The zero-order valence-electron chi connectivity index (χ0n) is 8.74. The molecule has 3 N–H and O–H groups in total. The highest BCUT2D eigenvalue weighted by atomic mass is 15.1. The molecular weight excluding hydrogens is 188 g/mol. The molecule has 80 valence electrons. The molecule has 1 fully saturated rings. The molecule has 0 bridgehead atoms. The van der Waals surface area contributed by atoms with Crippen LogP contribution in [0.3, 0.4) is 0 Å². The van der Waals surface area contributed by atoms with Gasteiger partial charge < -0.3 is 16.0 Å². The van der Waals surface area contributed by atoms with Crippen LogP contribution in [0.5, 0.6) is 0 Å². The second-order valence-electron chi connectivity index (χ2n) is 3.86. The summed E-state index contributed by atoms with van der Waals surface area (Å²) in [5.74, 6) is 0.436. The molecule has 1 aliphatic heterocycles. The number of nitrogens with one attached hydrogen (secondary N) is 1. The Morgan fingerprint density at radius 2 is 2.07 bits per heavy atom. The van der Waals surface area contributed by atoms with Gasteiger partial charge in [-0.2, -0.15) is 0 Å². The van der Waals surface area contributed by atoms with Crippen LogP contribution < -0.4 is 10.6 Å². The molecule has 1 aromatic rings. The Labute approximate surface area is 89.6 Å². The van der Waals surface area contributed by atoms with Crippen molar-refractivity contribution in [2.75, 3.05) is 23.7 Å². The van der Waals surface area contributed by atoms with Crippen molar-refractivity contribution >= 4 is 17.7 Å². The number of anilines is 2. The first-order chi connectivity index (χ1) is 7.31. The molecule has 0 atom stereocenters. The summed E-state index contributed by atoms with van der Waals surface area (Å²) in [4.78, 5) is 6.42. The Hall–Kier alpha value is -1.58. The molecule has 2 rings (SSSR count). The van der Waals surface area contributed by atoms with Gasteiger partial charge in [-0.25, -0.2) is 4.98 Å². The summed E-state index contributed by atoms with van der Waals surface area (Å²) in [7, 11) is 0. The Bertz CT molecular complexity index is 356. The van der Waals surface area contributed by atoms with Gasteiger partial charge in [0.1, 0.15) is 5.82 Å². The number of rotatable bonds is 2. The average Bonchev–Trinajstić information content (AvgIpc) is 2.31. The number of nitrogens with two attached hydrogens (primary N) is 1. The van der Waals surface area contributed by atoms with E-state index in [9.17, 15) is 0 Å². The van der Waals surface area contributed by atoms with Crippen LogP contribution >= 0.6 is 0 Å². The summed E-state index contributed by atoms with van der Waals surface area (Å²) in [5, 5.41) is 7.23. The molecule has 0 radical (unpaired) electrons. The maximum atomic E-state index is 7.23.